The van der Waals surface area contributed by atoms with Crippen molar-refractivity contribution in [3.05, 3.63) is 23.8 Å². The molecule has 5 aliphatic rings. The van der Waals surface area contributed by atoms with Crippen molar-refractivity contribution in [1.29, 1.82) is 0 Å². The molecule has 0 heterocycles. The molecule has 0 spiro atoms. The first kappa shape index (κ1) is 26.9. The van der Waals surface area contributed by atoms with Gasteiger partial charge in [-0.2, -0.15) is 0 Å². The minimum Gasteiger partial charge on any atom is -0.463 e. The molecule has 4 fully saturated rings. The Morgan fingerprint density at radius 1 is 1.00 bits per heavy atom. The number of carbonyl (C=O) groups is 3. The molecule has 4 heteroatoms. The van der Waals surface area contributed by atoms with Crippen LogP contribution in [0, 0.1) is 50.7 Å². The molecule has 0 radical (unpaired) electrons. The number of allylic oxidation sites excluding steroid dienone is 3. The normalized spacial score (nSPS) is 46.8. The van der Waals surface area contributed by atoms with Crippen molar-refractivity contribution in [2.45, 2.75) is 106 Å². The van der Waals surface area contributed by atoms with Crippen LogP contribution in [0.4, 0.5) is 0 Å². The lowest BCUT2D eigenvalue weighted by Crippen LogP contribution is -2.64. The highest BCUT2D eigenvalue weighted by molar-refractivity contribution is 5.96. The molecule has 0 unspecified atom stereocenters. The van der Waals surface area contributed by atoms with Gasteiger partial charge in [0.05, 0.1) is 6.61 Å². The zero-order valence-electron chi connectivity index (χ0n) is 24.2. The summed E-state index contributed by atoms with van der Waals surface area (Å²) in [4.78, 5) is 39.4. The molecule has 8 atom stereocenters. The van der Waals surface area contributed by atoms with Gasteiger partial charge in [0.15, 0.2) is 5.78 Å². The highest BCUT2D eigenvalue weighted by Crippen LogP contribution is 2.74. The first-order chi connectivity index (χ1) is 17.2. The fraction of sp³-hybridized carbons (Fsp3) is 0.788. The Hall–Kier alpha value is -1.71. The maximum atomic E-state index is 14.4. The fourth-order valence-corrected chi connectivity index (χ4v) is 10.2. The van der Waals surface area contributed by atoms with E-state index in [0.29, 0.717) is 30.5 Å². The Kier molecular flexibility index (Phi) is 6.28. The van der Waals surface area contributed by atoms with Crippen LogP contribution in [0.5, 0.6) is 0 Å². The summed E-state index contributed by atoms with van der Waals surface area (Å²) in [6, 6.07) is 0. The molecule has 5 aliphatic carbocycles. The molecular weight excluding hydrogens is 460 g/mol. The summed E-state index contributed by atoms with van der Waals surface area (Å²) in [7, 11) is 0. The summed E-state index contributed by atoms with van der Waals surface area (Å²) >= 11 is 0. The van der Waals surface area contributed by atoms with Gasteiger partial charge in [-0.15, -0.1) is 0 Å². The quantitative estimate of drug-likeness (QED) is 0.297. The number of esters is 1. The van der Waals surface area contributed by atoms with Gasteiger partial charge < -0.3 is 4.74 Å². The highest BCUT2D eigenvalue weighted by Gasteiger charge is 2.68. The van der Waals surface area contributed by atoms with E-state index in [0.717, 1.165) is 51.4 Å². The second-order valence-corrected chi connectivity index (χ2v) is 14.8. The van der Waals surface area contributed by atoms with E-state index in [1.807, 2.05) is 6.92 Å². The predicted octanol–water partition coefficient (Wildman–Crippen LogP) is 7.27. The Balaban J connectivity index is 1.60. The van der Waals surface area contributed by atoms with Crippen LogP contribution in [0.1, 0.15) is 106 Å². The summed E-state index contributed by atoms with van der Waals surface area (Å²) in [5.74, 6) is 1.03. The number of rotatable bonds is 3. The lowest BCUT2D eigenvalue weighted by Gasteiger charge is -2.69. The Bertz CT molecular complexity index is 1070. The van der Waals surface area contributed by atoms with E-state index >= 15 is 0 Å². The number of hydrogen-bond donors (Lipinski definition) is 0. The van der Waals surface area contributed by atoms with Gasteiger partial charge in [0.2, 0.25) is 0 Å². The Labute approximate surface area is 224 Å². The largest absolute Gasteiger partial charge is 0.463 e. The smallest absolute Gasteiger partial charge is 0.330 e. The number of ether oxygens (including phenoxy) is 1. The molecule has 0 bridgehead atoms. The summed E-state index contributed by atoms with van der Waals surface area (Å²) < 4.78 is 5.24. The molecule has 5 rings (SSSR count). The molecule has 37 heavy (non-hydrogen) atoms. The topological polar surface area (TPSA) is 60.4 Å². The van der Waals surface area contributed by atoms with Crippen LogP contribution in [0.2, 0.25) is 0 Å². The fourth-order valence-electron chi connectivity index (χ4n) is 10.2. The predicted molar refractivity (Wildman–Crippen MR) is 146 cm³/mol. The molecule has 0 aliphatic heterocycles. The van der Waals surface area contributed by atoms with Crippen molar-refractivity contribution >= 4 is 17.5 Å². The van der Waals surface area contributed by atoms with Gasteiger partial charge in [-0.3, -0.25) is 9.59 Å². The Morgan fingerprint density at radius 3 is 2.41 bits per heavy atom. The van der Waals surface area contributed by atoms with E-state index in [9.17, 15) is 14.4 Å². The number of hydrogen-bond acceptors (Lipinski definition) is 4. The van der Waals surface area contributed by atoms with Crippen molar-refractivity contribution in [3.8, 4) is 0 Å². The van der Waals surface area contributed by atoms with Gasteiger partial charge in [-0.05, 0) is 103 Å². The van der Waals surface area contributed by atoms with Gasteiger partial charge in [-0.1, -0.05) is 53.2 Å². The number of ketones is 2. The SMILES string of the molecule is CCOC(=O)C=C[C@]12CCC(C)(C)C[C@H]1[C@H]1C(=O)C=C3[C@@]4(C)CCC(=O)[C@@H](C)[C@@H]4CC[C@@]3(C)[C@]1(C)CC2. The molecule has 0 N–H and O–H groups in total. The maximum absolute atomic E-state index is 14.4. The van der Waals surface area contributed by atoms with Crippen LogP contribution >= 0.6 is 0 Å². The number of Topliss-reactive ketones (excluding diaryl/α,β-unsaturated/α-hetero) is 1. The summed E-state index contributed by atoms with van der Waals surface area (Å²) in [6.07, 6.45) is 14.7. The average Bonchev–Trinajstić information content (AvgIpc) is 2.82. The van der Waals surface area contributed by atoms with E-state index < -0.39 is 0 Å². The van der Waals surface area contributed by atoms with Crippen LogP contribution in [-0.2, 0) is 19.1 Å². The minimum atomic E-state index is -0.273. The molecule has 4 saturated carbocycles. The lowest BCUT2D eigenvalue weighted by molar-refractivity contribution is -0.165. The van der Waals surface area contributed by atoms with E-state index in [-0.39, 0.29) is 50.8 Å². The zero-order valence-corrected chi connectivity index (χ0v) is 24.2. The highest BCUT2D eigenvalue weighted by atomic mass is 16.5. The van der Waals surface area contributed by atoms with Crippen LogP contribution in [0.25, 0.3) is 0 Å². The second kappa shape index (κ2) is 8.65. The molecule has 0 aromatic heterocycles. The van der Waals surface area contributed by atoms with Gasteiger partial charge in [-0.25, -0.2) is 4.79 Å². The lowest BCUT2D eigenvalue weighted by atomic mass is 9.34. The summed E-state index contributed by atoms with van der Waals surface area (Å²) in [5.41, 5.74) is 1.16. The molecule has 0 aromatic rings. The molecule has 0 aromatic carbocycles. The molecule has 204 valence electrons. The van der Waals surface area contributed by atoms with Crippen LogP contribution in [0.15, 0.2) is 23.8 Å². The van der Waals surface area contributed by atoms with Crippen LogP contribution in [-0.4, -0.2) is 24.1 Å². The van der Waals surface area contributed by atoms with E-state index in [1.165, 1.54) is 5.57 Å². The maximum Gasteiger partial charge on any atom is 0.330 e. The molecular formula is C33H48O4. The Morgan fingerprint density at radius 2 is 1.70 bits per heavy atom. The molecule has 0 amide bonds. The number of fused-ring (bicyclic) bond motifs is 7. The standard InChI is InChI=1S/C33H48O4/c1-8-37-27(36)11-14-33-17-15-29(3,4)20-23(33)28-25(35)19-26-30(5)12-10-24(34)21(2)22(30)9-13-31(26,6)32(28,7)16-18-33/h11,14,19,21-23,28H,8-10,12-13,15-18,20H2,1-7H3/t21-,22-,23-,28-,30-,31+,32+,33+/m0/s1. The monoisotopic (exact) mass is 508 g/mol. The van der Waals surface area contributed by atoms with Crippen LogP contribution < -0.4 is 0 Å². The van der Waals surface area contributed by atoms with Gasteiger partial charge >= 0.3 is 5.97 Å². The summed E-state index contributed by atoms with van der Waals surface area (Å²) in [5, 5.41) is 0. The van der Waals surface area contributed by atoms with Crippen molar-refractivity contribution < 1.29 is 19.1 Å². The van der Waals surface area contributed by atoms with Crippen LogP contribution in [0.3, 0.4) is 0 Å². The zero-order chi connectivity index (χ0) is 27.0. The van der Waals surface area contributed by atoms with E-state index in [4.69, 9.17) is 4.74 Å². The molecule has 0 saturated heterocycles. The third kappa shape index (κ3) is 3.78. The van der Waals surface area contributed by atoms with Crippen molar-refractivity contribution in [2.24, 2.45) is 50.7 Å². The minimum absolute atomic E-state index is 0.0378. The third-order valence-corrected chi connectivity index (χ3v) is 12.7. The molecule has 4 nitrogen and oxygen atoms in total. The average molecular weight is 509 g/mol. The second-order valence-electron chi connectivity index (χ2n) is 14.8. The summed E-state index contributed by atoms with van der Waals surface area (Å²) in [6.45, 7) is 16.3. The number of carbonyl (C=O) groups excluding carboxylic acids is 3. The van der Waals surface area contributed by atoms with E-state index in [1.54, 1.807) is 6.08 Å². The first-order valence-corrected chi connectivity index (χ1v) is 14.9. The van der Waals surface area contributed by atoms with Crippen molar-refractivity contribution in [2.75, 3.05) is 6.61 Å². The van der Waals surface area contributed by atoms with Gasteiger partial charge in [0, 0.05) is 24.3 Å². The first-order valence-electron chi connectivity index (χ1n) is 14.9. The van der Waals surface area contributed by atoms with Gasteiger partial charge in [0.1, 0.15) is 5.78 Å². The van der Waals surface area contributed by atoms with Crippen molar-refractivity contribution in [3.63, 3.8) is 0 Å². The van der Waals surface area contributed by atoms with Gasteiger partial charge in [0.25, 0.3) is 0 Å². The van der Waals surface area contributed by atoms with Crippen molar-refractivity contribution in [1.82, 2.24) is 0 Å². The third-order valence-electron chi connectivity index (χ3n) is 12.7. The van der Waals surface area contributed by atoms with E-state index in [2.05, 4.69) is 53.7 Å².